The highest BCUT2D eigenvalue weighted by Gasteiger charge is 2.30. The van der Waals surface area contributed by atoms with Gasteiger partial charge in [0, 0.05) is 24.9 Å². The van der Waals surface area contributed by atoms with Gasteiger partial charge in [0.25, 0.3) is 0 Å². The van der Waals surface area contributed by atoms with Gasteiger partial charge in [0.05, 0.1) is 7.11 Å². The van der Waals surface area contributed by atoms with E-state index in [1.165, 1.54) is 0 Å². The van der Waals surface area contributed by atoms with Gasteiger partial charge < -0.3 is 14.8 Å². The molecule has 0 saturated carbocycles. The molecule has 110 valence electrons. The van der Waals surface area contributed by atoms with Crippen molar-refractivity contribution in [1.82, 2.24) is 15.3 Å². The summed E-state index contributed by atoms with van der Waals surface area (Å²) in [6, 6.07) is 9.49. The zero-order valence-electron chi connectivity index (χ0n) is 12.0. The second-order valence-electron chi connectivity index (χ2n) is 5.05. The van der Waals surface area contributed by atoms with Gasteiger partial charge in [-0.05, 0) is 31.2 Å². The predicted molar refractivity (Wildman–Crippen MR) is 79.4 cm³/mol. The standard InChI is InChI=1S/C16H19N3O2/c1-20-13-5-2-3-6-14(13)21-15(12-7-10-17-11-12)16-18-8-4-9-19-16/h2-6,8-9,12,15,17H,7,10-11H2,1H3/t12-,15?/m0/s1. The third-order valence-corrected chi connectivity index (χ3v) is 3.69. The van der Waals surface area contributed by atoms with Crippen LogP contribution in [0.5, 0.6) is 11.5 Å². The second kappa shape index (κ2) is 6.54. The van der Waals surface area contributed by atoms with Crippen molar-refractivity contribution in [2.45, 2.75) is 12.5 Å². The van der Waals surface area contributed by atoms with Crippen LogP contribution in [0.3, 0.4) is 0 Å². The van der Waals surface area contributed by atoms with Crippen LogP contribution >= 0.6 is 0 Å². The number of methoxy groups -OCH3 is 1. The van der Waals surface area contributed by atoms with Crippen LogP contribution in [0, 0.1) is 5.92 Å². The van der Waals surface area contributed by atoms with Crippen molar-refractivity contribution in [1.29, 1.82) is 0 Å². The van der Waals surface area contributed by atoms with Crippen LogP contribution in [-0.4, -0.2) is 30.2 Å². The molecule has 1 N–H and O–H groups in total. The molecule has 1 unspecified atom stereocenters. The minimum Gasteiger partial charge on any atom is -0.493 e. The van der Waals surface area contributed by atoms with Gasteiger partial charge in [-0.3, -0.25) is 0 Å². The third kappa shape index (κ3) is 3.13. The molecule has 1 aromatic carbocycles. The van der Waals surface area contributed by atoms with E-state index in [4.69, 9.17) is 9.47 Å². The van der Waals surface area contributed by atoms with Crippen LogP contribution in [0.25, 0.3) is 0 Å². The Labute approximate surface area is 124 Å². The summed E-state index contributed by atoms with van der Waals surface area (Å²) in [7, 11) is 1.65. The lowest BCUT2D eigenvalue weighted by Crippen LogP contribution is -2.23. The van der Waals surface area contributed by atoms with E-state index in [0.29, 0.717) is 5.92 Å². The van der Waals surface area contributed by atoms with Gasteiger partial charge in [-0.1, -0.05) is 12.1 Å². The minimum absolute atomic E-state index is 0.169. The lowest BCUT2D eigenvalue weighted by atomic mass is 10.0. The monoisotopic (exact) mass is 285 g/mol. The van der Waals surface area contributed by atoms with E-state index in [2.05, 4.69) is 15.3 Å². The van der Waals surface area contributed by atoms with E-state index in [-0.39, 0.29) is 6.10 Å². The number of hydrogen-bond acceptors (Lipinski definition) is 5. The Morgan fingerprint density at radius 1 is 1.14 bits per heavy atom. The van der Waals surface area contributed by atoms with Crippen LogP contribution < -0.4 is 14.8 Å². The first kappa shape index (κ1) is 13.8. The lowest BCUT2D eigenvalue weighted by Gasteiger charge is -2.23. The van der Waals surface area contributed by atoms with E-state index < -0.39 is 0 Å². The van der Waals surface area contributed by atoms with Crippen molar-refractivity contribution in [3.63, 3.8) is 0 Å². The Kier molecular flexibility index (Phi) is 4.31. The average Bonchev–Trinajstić information content (AvgIpc) is 3.08. The van der Waals surface area contributed by atoms with Crippen LogP contribution in [0.2, 0.25) is 0 Å². The summed E-state index contributed by atoms with van der Waals surface area (Å²) in [5.74, 6) is 2.53. The highest BCUT2D eigenvalue weighted by Crippen LogP contribution is 2.34. The van der Waals surface area contributed by atoms with Crippen molar-refractivity contribution >= 4 is 0 Å². The smallest absolute Gasteiger partial charge is 0.169 e. The molecule has 1 aliphatic heterocycles. The molecule has 0 aliphatic carbocycles. The van der Waals surface area contributed by atoms with Gasteiger partial charge in [0.1, 0.15) is 0 Å². The molecule has 1 fully saturated rings. The molecule has 0 radical (unpaired) electrons. The molecule has 0 bridgehead atoms. The van der Waals surface area contributed by atoms with Gasteiger partial charge in [-0.15, -0.1) is 0 Å². The number of aromatic nitrogens is 2. The number of hydrogen-bond donors (Lipinski definition) is 1. The van der Waals surface area contributed by atoms with E-state index in [1.807, 2.05) is 30.3 Å². The van der Waals surface area contributed by atoms with Gasteiger partial charge in [0.15, 0.2) is 23.4 Å². The molecule has 2 aromatic rings. The van der Waals surface area contributed by atoms with Crippen molar-refractivity contribution in [2.24, 2.45) is 5.92 Å². The Morgan fingerprint density at radius 3 is 2.57 bits per heavy atom. The number of nitrogens with one attached hydrogen (secondary N) is 1. The molecule has 21 heavy (non-hydrogen) atoms. The summed E-state index contributed by atoms with van der Waals surface area (Å²) < 4.78 is 11.6. The van der Waals surface area contributed by atoms with Gasteiger partial charge in [0.2, 0.25) is 0 Å². The summed E-state index contributed by atoms with van der Waals surface area (Å²) >= 11 is 0. The number of para-hydroxylation sites is 2. The molecular weight excluding hydrogens is 266 g/mol. The molecule has 2 atom stereocenters. The molecule has 1 saturated heterocycles. The molecule has 3 rings (SSSR count). The first-order valence-corrected chi connectivity index (χ1v) is 7.16. The van der Waals surface area contributed by atoms with Crippen LogP contribution in [0.1, 0.15) is 18.3 Å². The lowest BCUT2D eigenvalue weighted by molar-refractivity contribution is 0.130. The molecule has 2 heterocycles. The predicted octanol–water partition coefficient (Wildman–Crippen LogP) is 2.21. The van der Waals surface area contributed by atoms with Gasteiger partial charge in [-0.2, -0.15) is 0 Å². The normalized spacial score (nSPS) is 19.2. The molecule has 0 spiro atoms. The summed E-state index contributed by atoms with van der Waals surface area (Å²) in [6.45, 7) is 1.92. The summed E-state index contributed by atoms with van der Waals surface area (Å²) in [5.41, 5.74) is 0. The maximum atomic E-state index is 6.22. The Morgan fingerprint density at radius 2 is 1.90 bits per heavy atom. The fraction of sp³-hybridized carbons (Fsp3) is 0.375. The van der Waals surface area contributed by atoms with Crippen molar-refractivity contribution in [2.75, 3.05) is 20.2 Å². The molecule has 5 nitrogen and oxygen atoms in total. The van der Waals surface area contributed by atoms with E-state index in [1.54, 1.807) is 19.5 Å². The van der Waals surface area contributed by atoms with Crippen molar-refractivity contribution in [3.05, 3.63) is 48.5 Å². The first-order valence-electron chi connectivity index (χ1n) is 7.16. The Balaban J connectivity index is 1.88. The van der Waals surface area contributed by atoms with Gasteiger partial charge >= 0.3 is 0 Å². The Hall–Kier alpha value is -2.14. The quantitative estimate of drug-likeness (QED) is 0.913. The van der Waals surface area contributed by atoms with E-state index in [0.717, 1.165) is 36.8 Å². The summed E-state index contributed by atoms with van der Waals surface area (Å²) in [5, 5.41) is 3.37. The minimum atomic E-state index is -0.169. The maximum Gasteiger partial charge on any atom is 0.169 e. The largest absolute Gasteiger partial charge is 0.493 e. The summed E-state index contributed by atoms with van der Waals surface area (Å²) in [6.07, 6.45) is 4.39. The van der Waals surface area contributed by atoms with E-state index in [9.17, 15) is 0 Å². The van der Waals surface area contributed by atoms with Crippen LogP contribution in [-0.2, 0) is 0 Å². The zero-order chi connectivity index (χ0) is 14.5. The maximum absolute atomic E-state index is 6.22. The van der Waals surface area contributed by atoms with Crippen molar-refractivity contribution < 1.29 is 9.47 Å². The third-order valence-electron chi connectivity index (χ3n) is 3.69. The molecular formula is C16H19N3O2. The fourth-order valence-electron chi connectivity index (χ4n) is 2.61. The molecule has 1 aromatic heterocycles. The number of benzene rings is 1. The number of nitrogens with zero attached hydrogens (tertiary/aromatic N) is 2. The van der Waals surface area contributed by atoms with Gasteiger partial charge in [-0.25, -0.2) is 9.97 Å². The van der Waals surface area contributed by atoms with E-state index >= 15 is 0 Å². The fourth-order valence-corrected chi connectivity index (χ4v) is 2.61. The van der Waals surface area contributed by atoms with Crippen LogP contribution in [0.15, 0.2) is 42.7 Å². The SMILES string of the molecule is COc1ccccc1OC(c1ncccn1)[C@H]1CCNC1. The second-order valence-corrected chi connectivity index (χ2v) is 5.05. The molecule has 1 aliphatic rings. The van der Waals surface area contributed by atoms with Crippen molar-refractivity contribution in [3.8, 4) is 11.5 Å². The number of rotatable bonds is 5. The zero-order valence-corrected chi connectivity index (χ0v) is 12.0. The van der Waals surface area contributed by atoms with Crippen LogP contribution in [0.4, 0.5) is 0 Å². The number of ether oxygens (including phenoxy) is 2. The Bertz CT molecular complexity index is 571. The molecule has 0 amide bonds. The highest BCUT2D eigenvalue weighted by atomic mass is 16.5. The molecule has 5 heteroatoms. The summed E-state index contributed by atoms with van der Waals surface area (Å²) in [4.78, 5) is 8.74. The average molecular weight is 285 g/mol. The first-order chi connectivity index (χ1) is 10.4. The topological polar surface area (TPSA) is 56.3 Å². The highest BCUT2D eigenvalue weighted by molar-refractivity contribution is 5.39.